The van der Waals surface area contributed by atoms with Crippen LogP contribution >= 0.6 is 0 Å². The Kier molecular flexibility index (Phi) is 2.71. The fraction of sp³-hybridized carbons (Fsp3) is 0. The van der Waals surface area contributed by atoms with Gasteiger partial charge in [0.2, 0.25) is 0 Å². The zero-order chi connectivity index (χ0) is 5.15. The van der Waals surface area contributed by atoms with E-state index in [0.717, 1.165) is 0 Å². The molecule has 0 aliphatic heterocycles. The van der Waals surface area contributed by atoms with Gasteiger partial charge in [-0.15, -0.1) is 6.39 Å². The lowest BCUT2D eigenvalue weighted by molar-refractivity contribution is 3.76. The van der Waals surface area contributed by atoms with Gasteiger partial charge in [-0.1, -0.05) is 7.74 Å². The molecule has 0 saturated heterocycles. The average molecular weight is 67.9 g/mol. The molecule has 0 rings (SSSR count). The number of rotatable bonds is 1. The minimum absolute atomic E-state index is 0.157. The summed E-state index contributed by atoms with van der Waals surface area (Å²) in [5.41, 5.74) is 0. The number of hydrogen-bond donors (Lipinski definition) is 0. The minimum atomic E-state index is -0.259. The Morgan fingerprint density at radius 1 is 1.17 bits per heavy atom. The molecule has 22 valence electrons. The normalized spacial score (nSPS) is 7.50. The average Bonchev–Trinajstić information content (AvgIpc) is 1.36. The van der Waals surface area contributed by atoms with E-state index < -0.39 is 0 Å². The quantitative estimate of drug-likeness (QED) is 0.286. The summed E-state index contributed by atoms with van der Waals surface area (Å²) in [5, 5.41) is 0. The Bertz CT molecular complexity index is 21.0. The summed E-state index contributed by atoms with van der Waals surface area (Å²) in [5.74, 6) is 0. The predicted octanol–water partition coefficient (Wildman–Crippen LogP) is -3.09. The first-order valence-corrected chi connectivity index (χ1v) is 1.33. The van der Waals surface area contributed by atoms with E-state index in [1.165, 1.54) is 0 Å². The van der Waals surface area contributed by atoms with Gasteiger partial charge >= 0.3 is 0 Å². The monoisotopic (exact) mass is 69.1 g/mol. The second-order valence-electron chi connectivity index (χ2n) is 0.770. The largest absolute Gasteiger partial charge is 0.128 e. The van der Waals surface area contributed by atoms with Crippen LogP contribution in [-0.4, -0.2) is 43.7 Å². The van der Waals surface area contributed by atoms with E-state index in [9.17, 15) is 0 Å². The maximum Gasteiger partial charge on any atom is -0.00281 e. The lowest BCUT2D eigenvalue weighted by Crippen LogP contribution is -2.38. The zero-order valence-electron chi connectivity index (χ0n) is 2.89. The predicted molar refractivity (Wildman–Crippen MR) is 38.7 cm³/mol. The van der Waals surface area contributed by atoms with Crippen LogP contribution in [0.4, 0.5) is 0 Å². The highest BCUT2D eigenvalue weighted by atomic mass is 12.8. The summed E-state index contributed by atoms with van der Waals surface area (Å²) in [6.45, 7) is 0. The topological polar surface area (TPSA) is 0 Å². The van der Waals surface area contributed by atoms with Gasteiger partial charge < -0.3 is 0 Å². The summed E-state index contributed by atoms with van der Waals surface area (Å²) in [6.07, 6.45) is -0.102. The van der Waals surface area contributed by atoms with Gasteiger partial charge in [0.15, 0.2) is 0 Å². The molecule has 0 saturated carbocycles. The van der Waals surface area contributed by atoms with Crippen molar-refractivity contribution in [1.29, 1.82) is 0 Å². The van der Waals surface area contributed by atoms with Gasteiger partial charge in [0.25, 0.3) is 0 Å². The van der Waals surface area contributed by atoms with Crippen LogP contribution in [0.15, 0.2) is 0 Å². The number of hydrogen-bond acceptors (Lipinski definition) is 0. The van der Waals surface area contributed by atoms with E-state index >= 15 is 0 Å². The van der Waals surface area contributed by atoms with Gasteiger partial charge in [-0.25, -0.2) is 0 Å². The highest BCUT2D eigenvalue weighted by Gasteiger charge is 1.94. The van der Waals surface area contributed by atoms with Crippen molar-refractivity contribution >= 4 is 43.7 Å². The standard InChI is InChI=1S/B6H3/c1-5(2)6(3)4/h1H3/q-1. The summed E-state index contributed by atoms with van der Waals surface area (Å²) in [4.78, 5) is 0. The van der Waals surface area contributed by atoms with Crippen molar-refractivity contribution in [1.82, 2.24) is 0 Å². The second-order valence-corrected chi connectivity index (χ2v) is 0.770. The first kappa shape index (κ1) is 6.39. The molecule has 0 aliphatic rings. The Morgan fingerprint density at radius 3 is 1.33 bits per heavy atom. The summed E-state index contributed by atoms with van der Waals surface area (Å²) >= 11 is 0. The van der Waals surface area contributed by atoms with E-state index in [1.807, 2.05) is 0 Å². The smallest absolute Gasteiger partial charge is 0.00281 e. The second kappa shape index (κ2) is 2.54. The lowest BCUT2D eigenvalue weighted by Gasteiger charge is -2.06. The van der Waals surface area contributed by atoms with Crippen LogP contribution in [-0.2, 0) is 0 Å². The van der Waals surface area contributed by atoms with Gasteiger partial charge in [0.1, 0.15) is 0 Å². The molecule has 0 bridgehead atoms. The van der Waals surface area contributed by atoms with Crippen LogP contribution in [0.1, 0.15) is 0 Å². The molecule has 0 spiro atoms. The van der Waals surface area contributed by atoms with Crippen molar-refractivity contribution in [3.05, 3.63) is 0 Å². The van der Waals surface area contributed by atoms with Crippen molar-refractivity contribution in [2.45, 2.75) is 0 Å². The summed E-state index contributed by atoms with van der Waals surface area (Å²) in [7, 11) is 15.8. The van der Waals surface area contributed by atoms with E-state index in [-0.39, 0.29) is 20.5 Å². The maximum absolute atomic E-state index is 5.30. The molecular formula is H3B6-. The van der Waals surface area contributed by atoms with Gasteiger partial charge in [0, 0.05) is 0 Å². The molecule has 0 fully saturated rings. The third-order valence-corrected chi connectivity index (χ3v) is 0.222. The van der Waals surface area contributed by atoms with Crippen LogP contribution in [0.2, 0.25) is 0 Å². The van der Waals surface area contributed by atoms with Crippen molar-refractivity contribution < 1.29 is 0 Å². The van der Waals surface area contributed by atoms with Crippen molar-refractivity contribution in [2.75, 3.05) is 0 Å². The van der Waals surface area contributed by atoms with Crippen LogP contribution in [0, 0.1) is 0 Å². The summed E-state index contributed by atoms with van der Waals surface area (Å²) < 4.78 is 0. The molecule has 0 amide bonds. The third-order valence-electron chi connectivity index (χ3n) is 0.222. The van der Waals surface area contributed by atoms with Crippen LogP contribution < -0.4 is 0 Å². The van der Waals surface area contributed by atoms with Crippen molar-refractivity contribution in [2.24, 2.45) is 0 Å². The molecule has 0 atom stereocenters. The fourth-order valence-corrected chi connectivity index (χ4v) is 0. The molecule has 0 unspecified atom stereocenters. The van der Waals surface area contributed by atoms with Crippen molar-refractivity contribution in [3.63, 3.8) is 0 Å². The first-order valence-electron chi connectivity index (χ1n) is 1.33. The molecule has 0 heterocycles. The molecule has 0 aromatic carbocycles. The third kappa shape index (κ3) is 2.62. The Balaban J connectivity index is 2.99. The van der Waals surface area contributed by atoms with Crippen molar-refractivity contribution in [3.8, 4) is 0 Å². The van der Waals surface area contributed by atoms with Gasteiger partial charge in [-0.05, 0) is 29.6 Å². The Hall–Kier alpha value is 0.390. The Labute approximate surface area is 44.5 Å². The molecular weight excluding hydrogens is 64.9 g/mol. The van der Waals surface area contributed by atoms with E-state index in [4.69, 9.17) is 23.2 Å². The van der Waals surface area contributed by atoms with Crippen LogP contribution in [0.5, 0.6) is 0 Å². The highest BCUT2D eigenvalue weighted by Crippen LogP contribution is 1.62. The van der Waals surface area contributed by atoms with E-state index in [1.54, 1.807) is 0 Å². The highest BCUT2D eigenvalue weighted by molar-refractivity contribution is 7.76. The molecule has 0 nitrogen and oxygen atoms in total. The molecule has 0 aromatic rings. The molecule has 0 aromatic heterocycles. The molecule has 0 N–H and O–H groups in total. The minimum Gasteiger partial charge on any atom is -0.128 e. The van der Waals surface area contributed by atoms with Gasteiger partial charge in [-0.3, -0.25) is 0 Å². The van der Waals surface area contributed by atoms with Crippen LogP contribution in [0.3, 0.4) is 0 Å². The Morgan fingerprint density at radius 2 is 1.33 bits per heavy atom. The lowest BCUT2D eigenvalue weighted by atomic mass is 8.81. The maximum atomic E-state index is 5.30. The van der Waals surface area contributed by atoms with E-state index in [0.29, 0.717) is 0 Å². The van der Waals surface area contributed by atoms with Gasteiger partial charge in [-0.2, -0.15) is 0 Å². The first-order chi connectivity index (χ1) is 2.64. The fourth-order valence-electron chi connectivity index (χ4n) is 0. The van der Waals surface area contributed by atoms with Gasteiger partial charge in [0.05, 0.1) is 0 Å². The molecule has 6 heavy (non-hydrogen) atoms. The molecule has 6 radical (unpaired) electrons. The van der Waals surface area contributed by atoms with Crippen LogP contribution in [0.25, 0.3) is 0 Å². The SMILES string of the molecule is [B]B([B])B([B])[BH3-]. The summed E-state index contributed by atoms with van der Waals surface area (Å²) in [6, 6.07) is 0. The van der Waals surface area contributed by atoms with E-state index in [2.05, 4.69) is 0 Å². The molecule has 6 heteroatoms. The molecule has 0 aliphatic carbocycles. The zero-order valence-corrected chi connectivity index (χ0v) is 2.89.